The van der Waals surface area contributed by atoms with Gasteiger partial charge in [0.2, 0.25) is 5.88 Å². The van der Waals surface area contributed by atoms with Crippen molar-refractivity contribution in [1.29, 1.82) is 0 Å². The Hall–Kier alpha value is -3.40. The normalized spacial score (nSPS) is 15.3. The maximum Gasteiger partial charge on any atom is 0.322 e. The van der Waals surface area contributed by atoms with Gasteiger partial charge in [-0.15, -0.1) is 10.6 Å². The van der Waals surface area contributed by atoms with E-state index >= 15 is 0 Å². The second kappa shape index (κ2) is 8.03. The highest BCUT2D eigenvalue weighted by atomic mass is 32.2. The van der Waals surface area contributed by atoms with E-state index in [0.29, 0.717) is 35.5 Å². The number of carbonyl (C=O) groups excluding carboxylic acids is 1. The quantitative estimate of drug-likeness (QED) is 0.624. The van der Waals surface area contributed by atoms with Gasteiger partial charge in [-0.1, -0.05) is 12.1 Å². The summed E-state index contributed by atoms with van der Waals surface area (Å²) in [5, 5.41) is 7.02. The van der Waals surface area contributed by atoms with Crippen LogP contribution in [0.15, 0.2) is 45.9 Å². The topological polar surface area (TPSA) is 108 Å². The van der Waals surface area contributed by atoms with Crippen molar-refractivity contribution in [2.75, 3.05) is 19.0 Å². The standard InChI is InChI=1S/C21H20N5O4S/c1-29-18-11-14(7-8-22-18)16-6-4-13-3-5-15(13)19(16)24-21(27)25-31(28)17-12-23-26-9-2-10-30-20(17)26/h4,6-8,11-12H,2-3,5,9-10H2,1H3,(H,24,27)/q-1. The van der Waals surface area contributed by atoms with E-state index in [-0.39, 0.29) is 0 Å². The largest absolute Gasteiger partial charge is 0.481 e. The lowest BCUT2D eigenvalue weighted by atomic mass is 9.84. The minimum Gasteiger partial charge on any atom is -0.481 e. The Kier molecular flexibility index (Phi) is 5.06. The minimum atomic E-state index is -1.92. The fourth-order valence-electron chi connectivity index (χ4n) is 3.78. The van der Waals surface area contributed by atoms with Crippen LogP contribution in [0.1, 0.15) is 17.5 Å². The first-order valence-electron chi connectivity index (χ1n) is 9.92. The Labute approximate surface area is 180 Å². The number of ether oxygens (including phenoxy) is 2. The second-order valence-electron chi connectivity index (χ2n) is 7.22. The predicted octanol–water partition coefficient (Wildman–Crippen LogP) is 3.57. The van der Waals surface area contributed by atoms with Crippen molar-refractivity contribution in [2.24, 2.45) is 4.36 Å². The predicted molar refractivity (Wildman–Crippen MR) is 114 cm³/mol. The molecule has 5 rings (SSSR count). The molecule has 10 heteroatoms. The van der Waals surface area contributed by atoms with E-state index in [4.69, 9.17) is 9.47 Å². The number of nitrogens with one attached hydrogen (secondary N) is 1. The van der Waals surface area contributed by atoms with Gasteiger partial charge in [0.05, 0.1) is 19.4 Å². The van der Waals surface area contributed by atoms with Crippen LogP contribution in [-0.4, -0.2) is 34.5 Å². The number of hydrogen-bond acceptors (Lipinski definition) is 7. The fourth-order valence-corrected chi connectivity index (χ4v) is 4.53. The van der Waals surface area contributed by atoms with Crippen LogP contribution in [0.4, 0.5) is 10.5 Å². The number of pyridine rings is 1. The van der Waals surface area contributed by atoms with Crippen molar-refractivity contribution in [2.45, 2.75) is 30.7 Å². The molecule has 1 N–H and O–H groups in total. The Morgan fingerprint density at radius 3 is 3.03 bits per heavy atom. The van der Waals surface area contributed by atoms with E-state index in [1.54, 1.807) is 18.0 Å². The van der Waals surface area contributed by atoms with Gasteiger partial charge in [0.25, 0.3) is 0 Å². The van der Waals surface area contributed by atoms with E-state index < -0.39 is 16.6 Å². The van der Waals surface area contributed by atoms with Gasteiger partial charge in [0.15, 0.2) is 5.88 Å². The lowest BCUT2D eigenvalue weighted by Gasteiger charge is -2.25. The molecule has 0 radical (unpaired) electrons. The van der Waals surface area contributed by atoms with Crippen LogP contribution < -0.4 is 14.8 Å². The Morgan fingerprint density at radius 1 is 1.32 bits per heavy atom. The molecule has 1 aliphatic carbocycles. The smallest absolute Gasteiger partial charge is 0.322 e. The summed E-state index contributed by atoms with van der Waals surface area (Å²) in [5.74, 6) is 0.892. The van der Waals surface area contributed by atoms with Crippen LogP contribution in [0.3, 0.4) is 0 Å². The highest BCUT2D eigenvalue weighted by Crippen LogP contribution is 2.39. The Bertz CT molecular complexity index is 1260. The average molecular weight is 438 g/mol. The minimum absolute atomic E-state index is 0.301. The average Bonchev–Trinajstić information content (AvgIpc) is 3.19. The molecule has 160 valence electrons. The summed E-state index contributed by atoms with van der Waals surface area (Å²) < 4.78 is 29.0. The number of rotatable bonds is 4. The van der Waals surface area contributed by atoms with Gasteiger partial charge < -0.3 is 23.4 Å². The molecular weight excluding hydrogens is 418 g/mol. The molecule has 3 aromatic rings. The molecule has 1 aromatic carbocycles. The molecular formula is C21H20N5O4S-. The third kappa shape index (κ3) is 3.63. The van der Waals surface area contributed by atoms with Crippen LogP contribution in [0, 0.1) is 0 Å². The lowest BCUT2D eigenvalue weighted by Crippen LogP contribution is -2.17. The van der Waals surface area contributed by atoms with E-state index in [1.165, 1.54) is 11.8 Å². The Morgan fingerprint density at radius 2 is 2.23 bits per heavy atom. The lowest BCUT2D eigenvalue weighted by molar-refractivity contribution is 0.225. The van der Waals surface area contributed by atoms with Gasteiger partial charge in [0.1, 0.15) is 0 Å². The molecule has 0 saturated carbocycles. The molecule has 2 amide bonds. The van der Waals surface area contributed by atoms with E-state index in [0.717, 1.165) is 36.0 Å². The molecule has 0 saturated heterocycles. The number of nitrogens with zero attached hydrogens (tertiary/aromatic N) is 4. The molecule has 1 aliphatic heterocycles. The number of aromatic nitrogens is 3. The first kappa shape index (κ1) is 19.6. The van der Waals surface area contributed by atoms with Crippen molar-refractivity contribution in [3.63, 3.8) is 0 Å². The van der Waals surface area contributed by atoms with Crippen LogP contribution in [0.5, 0.6) is 11.8 Å². The maximum atomic E-state index is 12.7. The number of hydrogen-bond donors (Lipinski definition) is 1. The Balaban J connectivity index is 1.46. The molecule has 2 aromatic heterocycles. The fraction of sp³-hybridized carbons (Fsp3) is 0.286. The maximum absolute atomic E-state index is 12.7. The van der Waals surface area contributed by atoms with Crippen LogP contribution in [0.25, 0.3) is 11.1 Å². The van der Waals surface area contributed by atoms with Crippen LogP contribution in [0.2, 0.25) is 0 Å². The van der Waals surface area contributed by atoms with Gasteiger partial charge >= 0.3 is 6.03 Å². The van der Waals surface area contributed by atoms with Crippen molar-refractivity contribution < 1.29 is 18.5 Å². The van der Waals surface area contributed by atoms with Crippen molar-refractivity contribution in [3.8, 4) is 22.9 Å². The molecule has 0 unspecified atom stereocenters. The van der Waals surface area contributed by atoms with E-state index in [2.05, 4.69) is 25.8 Å². The number of amides is 2. The molecule has 3 heterocycles. The van der Waals surface area contributed by atoms with Crippen LogP contribution >= 0.6 is 0 Å². The SMILES string of the molecule is COc1cc(-c2ccc3c(c2NC(=O)N=[S-](=O)c2cnn4c2OCCC4)CC3)ccn1. The van der Waals surface area contributed by atoms with Gasteiger partial charge in [-0.3, -0.25) is 0 Å². The number of methoxy groups -OCH3 is 1. The van der Waals surface area contributed by atoms with Gasteiger partial charge in [0, 0.05) is 37.0 Å². The number of fused-ring (bicyclic) bond motifs is 2. The second-order valence-corrected chi connectivity index (χ2v) is 8.34. The number of carbonyl (C=O) groups is 1. The molecule has 0 fully saturated rings. The van der Waals surface area contributed by atoms with E-state index in [9.17, 15) is 9.00 Å². The molecule has 9 nitrogen and oxygen atoms in total. The number of benzene rings is 1. The van der Waals surface area contributed by atoms with Crippen LogP contribution in [-0.2, 0) is 34.2 Å². The zero-order valence-electron chi connectivity index (χ0n) is 16.8. The highest BCUT2D eigenvalue weighted by molar-refractivity contribution is 7.75. The molecule has 0 spiro atoms. The van der Waals surface area contributed by atoms with Gasteiger partial charge in [-0.05, 0) is 40.5 Å². The summed E-state index contributed by atoms with van der Waals surface area (Å²) in [6.07, 6.45) is 5.75. The summed E-state index contributed by atoms with van der Waals surface area (Å²) >= 11 is 0. The number of anilines is 1. The monoisotopic (exact) mass is 438 g/mol. The highest BCUT2D eigenvalue weighted by Gasteiger charge is 2.22. The summed E-state index contributed by atoms with van der Waals surface area (Å²) in [7, 11) is -0.366. The molecule has 0 bridgehead atoms. The summed E-state index contributed by atoms with van der Waals surface area (Å²) in [6, 6.07) is 6.99. The van der Waals surface area contributed by atoms with Crippen molar-refractivity contribution in [3.05, 3.63) is 47.8 Å². The van der Waals surface area contributed by atoms with Gasteiger partial charge in [-0.25, -0.2) is 14.5 Å². The van der Waals surface area contributed by atoms with Gasteiger partial charge in [-0.2, -0.15) is 5.10 Å². The third-order valence-corrected chi connectivity index (χ3v) is 6.40. The van der Waals surface area contributed by atoms with E-state index in [1.807, 2.05) is 18.2 Å². The summed E-state index contributed by atoms with van der Waals surface area (Å²) in [6.45, 7) is 1.21. The molecule has 31 heavy (non-hydrogen) atoms. The van der Waals surface area contributed by atoms with Crippen molar-refractivity contribution >= 4 is 22.3 Å². The first-order valence-corrected chi connectivity index (χ1v) is 11.0. The first-order chi connectivity index (χ1) is 15.1. The third-order valence-electron chi connectivity index (χ3n) is 5.41. The molecule has 0 atom stereocenters. The zero-order chi connectivity index (χ0) is 21.4. The zero-order valence-corrected chi connectivity index (χ0v) is 17.6. The number of urea groups is 1. The summed E-state index contributed by atoms with van der Waals surface area (Å²) in [4.78, 5) is 17.1. The summed E-state index contributed by atoms with van der Waals surface area (Å²) in [5.41, 5.74) is 4.61. The number of aryl methyl sites for hydroxylation is 2. The van der Waals surface area contributed by atoms with Crippen molar-refractivity contribution in [1.82, 2.24) is 14.8 Å². The molecule has 2 aliphatic rings.